The Labute approximate surface area is 268 Å². The van der Waals surface area contributed by atoms with E-state index in [4.69, 9.17) is 9.97 Å². The van der Waals surface area contributed by atoms with Crippen molar-refractivity contribution in [1.82, 2.24) is 15.0 Å². The van der Waals surface area contributed by atoms with Gasteiger partial charge in [0.25, 0.3) is 0 Å². The lowest BCUT2D eigenvalue weighted by Gasteiger charge is -2.12. The molecule has 8 aromatic rings. The monoisotopic (exact) mass is 587 g/mol. The first-order valence-corrected chi connectivity index (χ1v) is 15.4. The van der Waals surface area contributed by atoms with E-state index in [9.17, 15) is 0 Å². The van der Waals surface area contributed by atoms with Gasteiger partial charge in [-0.25, -0.2) is 9.97 Å². The van der Waals surface area contributed by atoms with Crippen LogP contribution in [0.3, 0.4) is 0 Å². The maximum Gasteiger partial charge on any atom is 0.160 e. The minimum atomic E-state index is 0.691. The van der Waals surface area contributed by atoms with Crippen molar-refractivity contribution >= 4 is 10.8 Å². The minimum absolute atomic E-state index is 0.691. The summed E-state index contributed by atoms with van der Waals surface area (Å²) in [7, 11) is 0. The third kappa shape index (κ3) is 5.47. The van der Waals surface area contributed by atoms with Crippen LogP contribution in [-0.2, 0) is 0 Å². The molecule has 0 unspecified atom stereocenters. The van der Waals surface area contributed by atoms with Crippen LogP contribution in [0.2, 0.25) is 0 Å². The summed E-state index contributed by atoms with van der Waals surface area (Å²) in [5.41, 5.74) is 11.7. The number of nitrogens with zero attached hydrogens (tertiary/aromatic N) is 3. The van der Waals surface area contributed by atoms with Crippen LogP contribution in [0.1, 0.15) is 0 Å². The second-order valence-electron chi connectivity index (χ2n) is 11.3. The molecule has 8 rings (SSSR count). The number of benzene rings is 6. The zero-order valence-corrected chi connectivity index (χ0v) is 25.1. The topological polar surface area (TPSA) is 38.7 Å². The second kappa shape index (κ2) is 12.1. The molecule has 216 valence electrons. The van der Waals surface area contributed by atoms with Gasteiger partial charge < -0.3 is 0 Å². The van der Waals surface area contributed by atoms with Crippen molar-refractivity contribution in [2.75, 3.05) is 0 Å². The van der Waals surface area contributed by atoms with Gasteiger partial charge in [-0.3, -0.25) is 4.98 Å². The standard InChI is InChI=1S/C43H29N3/c1-2-9-30(10-3-1)31-18-22-34(23-19-31)41-28-42(37-14-6-13-36(27-37)38-15-8-26-44-29-38)46-43(45-41)35-24-20-33(21-25-35)40-17-7-12-32-11-4-5-16-39(32)40/h1-29H. The van der Waals surface area contributed by atoms with Gasteiger partial charge in [0, 0.05) is 34.6 Å². The molecule has 0 N–H and O–H groups in total. The average molecular weight is 588 g/mol. The molecule has 0 saturated heterocycles. The predicted octanol–water partition coefficient (Wildman–Crippen LogP) is 11.0. The van der Waals surface area contributed by atoms with Gasteiger partial charge in [0.15, 0.2) is 5.82 Å². The minimum Gasteiger partial charge on any atom is -0.264 e. The quantitative estimate of drug-likeness (QED) is 0.194. The van der Waals surface area contributed by atoms with Gasteiger partial charge in [-0.1, -0.05) is 146 Å². The summed E-state index contributed by atoms with van der Waals surface area (Å²) >= 11 is 0. The molecular weight excluding hydrogens is 558 g/mol. The molecule has 0 radical (unpaired) electrons. The fourth-order valence-corrected chi connectivity index (χ4v) is 6.00. The van der Waals surface area contributed by atoms with Crippen molar-refractivity contribution in [3.8, 4) is 67.3 Å². The molecule has 0 atom stereocenters. The molecule has 0 amide bonds. The van der Waals surface area contributed by atoms with Gasteiger partial charge in [-0.15, -0.1) is 0 Å². The van der Waals surface area contributed by atoms with E-state index in [-0.39, 0.29) is 0 Å². The first-order valence-electron chi connectivity index (χ1n) is 15.4. The third-order valence-electron chi connectivity index (χ3n) is 8.41. The number of hydrogen-bond acceptors (Lipinski definition) is 3. The highest BCUT2D eigenvalue weighted by atomic mass is 14.9. The van der Waals surface area contributed by atoms with E-state index < -0.39 is 0 Å². The Morgan fingerprint density at radius 1 is 0.348 bits per heavy atom. The summed E-state index contributed by atoms with van der Waals surface area (Å²) in [6.45, 7) is 0. The summed E-state index contributed by atoms with van der Waals surface area (Å²) < 4.78 is 0. The number of pyridine rings is 1. The largest absolute Gasteiger partial charge is 0.264 e. The SMILES string of the molecule is c1ccc(-c2ccc(-c3cc(-c4cccc(-c5cccnc5)c4)nc(-c4ccc(-c5cccc6ccccc56)cc4)n3)cc2)cc1. The molecule has 0 saturated carbocycles. The molecule has 6 aromatic carbocycles. The summed E-state index contributed by atoms with van der Waals surface area (Å²) in [6, 6.07) is 57.2. The number of rotatable bonds is 6. The Bertz CT molecular complexity index is 2270. The zero-order valence-electron chi connectivity index (χ0n) is 25.1. The Kier molecular flexibility index (Phi) is 7.18. The van der Waals surface area contributed by atoms with Gasteiger partial charge in [0.2, 0.25) is 0 Å². The first-order chi connectivity index (χ1) is 22.8. The van der Waals surface area contributed by atoms with Crippen LogP contribution in [0.15, 0.2) is 176 Å². The molecule has 0 spiro atoms. The predicted molar refractivity (Wildman–Crippen MR) is 190 cm³/mol. The van der Waals surface area contributed by atoms with Crippen LogP contribution in [0.5, 0.6) is 0 Å². The molecule has 0 fully saturated rings. The van der Waals surface area contributed by atoms with Crippen LogP contribution >= 0.6 is 0 Å². The van der Waals surface area contributed by atoms with Gasteiger partial charge in [0.05, 0.1) is 11.4 Å². The fraction of sp³-hybridized carbons (Fsp3) is 0. The lowest BCUT2D eigenvalue weighted by molar-refractivity contribution is 1.18. The Morgan fingerprint density at radius 2 is 0.935 bits per heavy atom. The van der Waals surface area contributed by atoms with E-state index in [2.05, 4.69) is 157 Å². The second-order valence-corrected chi connectivity index (χ2v) is 11.3. The van der Waals surface area contributed by atoms with E-state index in [1.165, 1.54) is 27.5 Å². The van der Waals surface area contributed by atoms with Crippen molar-refractivity contribution < 1.29 is 0 Å². The molecule has 3 heteroatoms. The fourth-order valence-electron chi connectivity index (χ4n) is 6.00. The normalized spacial score (nSPS) is 11.0. The maximum atomic E-state index is 5.12. The molecule has 0 aliphatic carbocycles. The maximum absolute atomic E-state index is 5.12. The molecular formula is C43H29N3. The highest BCUT2D eigenvalue weighted by Crippen LogP contribution is 2.33. The van der Waals surface area contributed by atoms with E-state index in [1.54, 1.807) is 6.20 Å². The van der Waals surface area contributed by atoms with Crippen LogP contribution < -0.4 is 0 Å². The zero-order chi connectivity index (χ0) is 30.7. The third-order valence-corrected chi connectivity index (χ3v) is 8.41. The molecule has 0 bridgehead atoms. The molecule has 0 aliphatic rings. The summed E-state index contributed by atoms with van der Waals surface area (Å²) in [4.78, 5) is 14.6. The molecule has 2 heterocycles. The van der Waals surface area contributed by atoms with E-state index in [0.29, 0.717) is 5.82 Å². The van der Waals surface area contributed by atoms with E-state index in [1.807, 2.05) is 18.3 Å². The average Bonchev–Trinajstić information content (AvgIpc) is 3.15. The lowest BCUT2D eigenvalue weighted by atomic mass is 9.97. The number of aromatic nitrogens is 3. The van der Waals surface area contributed by atoms with Gasteiger partial charge in [-0.05, 0) is 56.8 Å². The van der Waals surface area contributed by atoms with Gasteiger partial charge in [-0.2, -0.15) is 0 Å². The molecule has 2 aromatic heterocycles. The Morgan fingerprint density at radius 3 is 1.74 bits per heavy atom. The van der Waals surface area contributed by atoms with E-state index >= 15 is 0 Å². The molecule has 46 heavy (non-hydrogen) atoms. The highest BCUT2D eigenvalue weighted by Gasteiger charge is 2.13. The van der Waals surface area contributed by atoms with Crippen LogP contribution in [-0.4, -0.2) is 15.0 Å². The summed E-state index contributed by atoms with van der Waals surface area (Å²) in [6.07, 6.45) is 3.69. The Hall–Kier alpha value is -6.19. The van der Waals surface area contributed by atoms with Crippen LogP contribution in [0, 0.1) is 0 Å². The summed E-state index contributed by atoms with van der Waals surface area (Å²) in [5, 5.41) is 2.47. The smallest absolute Gasteiger partial charge is 0.160 e. The van der Waals surface area contributed by atoms with Crippen molar-refractivity contribution in [3.63, 3.8) is 0 Å². The lowest BCUT2D eigenvalue weighted by Crippen LogP contribution is -1.96. The van der Waals surface area contributed by atoms with Crippen molar-refractivity contribution in [1.29, 1.82) is 0 Å². The highest BCUT2D eigenvalue weighted by molar-refractivity contribution is 5.96. The van der Waals surface area contributed by atoms with Crippen LogP contribution in [0.4, 0.5) is 0 Å². The van der Waals surface area contributed by atoms with E-state index in [0.717, 1.165) is 44.8 Å². The number of hydrogen-bond donors (Lipinski definition) is 0. The first kappa shape index (κ1) is 27.4. The van der Waals surface area contributed by atoms with Gasteiger partial charge in [0.1, 0.15) is 0 Å². The Balaban J connectivity index is 1.22. The summed E-state index contributed by atoms with van der Waals surface area (Å²) in [5.74, 6) is 0.691. The van der Waals surface area contributed by atoms with Crippen molar-refractivity contribution in [3.05, 3.63) is 176 Å². The van der Waals surface area contributed by atoms with Gasteiger partial charge >= 0.3 is 0 Å². The number of fused-ring (bicyclic) bond motifs is 1. The molecule has 0 aliphatic heterocycles. The van der Waals surface area contributed by atoms with Crippen molar-refractivity contribution in [2.24, 2.45) is 0 Å². The van der Waals surface area contributed by atoms with Crippen molar-refractivity contribution in [2.45, 2.75) is 0 Å². The van der Waals surface area contributed by atoms with Crippen LogP contribution in [0.25, 0.3) is 78.1 Å². The molecule has 3 nitrogen and oxygen atoms in total.